The summed E-state index contributed by atoms with van der Waals surface area (Å²) in [7, 11) is 0. The van der Waals surface area contributed by atoms with Gasteiger partial charge >= 0.3 is 0 Å². The highest BCUT2D eigenvalue weighted by atomic mass is 79.9. The molecule has 0 spiro atoms. The van der Waals surface area contributed by atoms with E-state index in [-0.39, 0.29) is 11.9 Å². The molecule has 0 aliphatic rings. The fourth-order valence-electron chi connectivity index (χ4n) is 3.40. The number of hydrogen-bond acceptors (Lipinski definition) is 6. The zero-order valence-electron chi connectivity index (χ0n) is 20.8. The van der Waals surface area contributed by atoms with Crippen molar-refractivity contribution in [2.24, 2.45) is 5.73 Å². The average molecular weight is 568 g/mol. The second-order valence-corrected chi connectivity index (χ2v) is 9.24. The Morgan fingerprint density at radius 2 is 1.59 bits per heavy atom. The van der Waals surface area contributed by atoms with Crippen LogP contribution in [0.3, 0.4) is 0 Å². The molecule has 0 aliphatic carbocycles. The number of amides is 2. The molecule has 10 heteroatoms. The lowest BCUT2D eigenvalue weighted by molar-refractivity contribution is -0.122. The molecule has 6 N–H and O–H groups in total. The molecule has 0 aliphatic heterocycles. The summed E-state index contributed by atoms with van der Waals surface area (Å²) in [6.07, 6.45) is -0.0594. The largest absolute Gasteiger partial charge is 0.490 e. The van der Waals surface area contributed by atoms with Crippen LogP contribution in [-0.2, 0) is 4.79 Å². The minimum atomic E-state index is -0.902. The van der Waals surface area contributed by atoms with E-state index in [2.05, 4.69) is 32.1 Å². The van der Waals surface area contributed by atoms with E-state index in [0.29, 0.717) is 40.5 Å². The summed E-state index contributed by atoms with van der Waals surface area (Å²) in [5.74, 6) is 0.0500. The maximum absolute atomic E-state index is 13.3. The second kappa shape index (κ2) is 12.8. The molecular weight excluding hydrogens is 538 g/mol. The number of ether oxygens (including phenoxy) is 2. The van der Waals surface area contributed by atoms with Crippen LogP contribution in [0.1, 0.15) is 48.3 Å². The molecule has 0 aromatic heterocycles. The molecule has 0 fully saturated rings. The lowest BCUT2D eigenvalue weighted by Gasteiger charge is -2.22. The van der Waals surface area contributed by atoms with Crippen LogP contribution in [0.15, 0.2) is 71.2 Å². The second-order valence-electron chi connectivity index (χ2n) is 8.32. The molecule has 1 unspecified atom stereocenters. The Kier molecular flexibility index (Phi) is 9.51. The Bertz CT molecular complexity index is 1250. The summed E-state index contributed by atoms with van der Waals surface area (Å²) in [5.41, 5.74) is 12.7. The van der Waals surface area contributed by atoms with Gasteiger partial charge < -0.3 is 20.5 Å². The lowest BCUT2D eigenvalue weighted by Crippen LogP contribution is -2.45. The Hall–Kier alpha value is -4.05. The number of hydrazine groups is 1. The van der Waals surface area contributed by atoms with E-state index in [9.17, 15) is 9.59 Å². The van der Waals surface area contributed by atoms with Gasteiger partial charge in [-0.05, 0) is 87.0 Å². The van der Waals surface area contributed by atoms with Crippen molar-refractivity contribution in [2.75, 3.05) is 11.9 Å². The minimum absolute atomic E-state index is 0.0569. The molecule has 3 rings (SSSR count). The molecule has 0 bridgehead atoms. The number of anilines is 1. The molecule has 0 radical (unpaired) electrons. The molecule has 194 valence electrons. The molecular formula is C27H30BrN5O4. The summed E-state index contributed by atoms with van der Waals surface area (Å²) in [5, 5.41) is 10.8. The molecule has 3 aromatic rings. The maximum Gasteiger partial charge on any atom is 0.269 e. The predicted molar refractivity (Wildman–Crippen MR) is 147 cm³/mol. The van der Waals surface area contributed by atoms with Crippen molar-refractivity contribution in [3.63, 3.8) is 0 Å². The van der Waals surface area contributed by atoms with Gasteiger partial charge in [-0.2, -0.15) is 0 Å². The number of nitrogens with two attached hydrogens (primary N) is 1. The average Bonchev–Trinajstić information content (AvgIpc) is 2.87. The van der Waals surface area contributed by atoms with Gasteiger partial charge in [0.25, 0.3) is 11.8 Å². The van der Waals surface area contributed by atoms with Crippen LogP contribution in [0.25, 0.3) is 0 Å². The van der Waals surface area contributed by atoms with Crippen molar-refractivity contribution in [2.45, 2.75) is 32.9 Å². The SMILES string of the molecule is CCOc1cc(C(Nc2ccc(C(=N)N)cc2)C(=O)NNC(=O)c2ccc(Br)cc2)ccc1OC(C)C. The number of rotatable bonds is 10. The van der Waals surface area contributed by atoms with E-state index < -0.39 is 17.9 Å². The Labute approximate surface area is 224 Å². The number of benzene rings is 3. The van der Waals surface area contributed by atoms with E-state index >= 15 is 0 Å². The quantitative estimate of drug-likeness (QED) is 0.138. The van der Waals surface area contributed by atoms with E-state index in [1.165, 1.54) is 0 Å². The highest BCUT2D eigenvalue weighted by Crippen LogP contribution is 2.33. The molecule has 0 saturated carbocycles. The number of carbonyl (C=O) groups is 2. The molecule has 2 amide bonds. The molecule has 0 heterocycles. The fraction of sp³-hybridized carbons (Fsp3) is 0.222. The smallest absolute Gasteiger partial charge is 0.269 e. The number of hydrogen-bond donors (Lipinski definition) is 5. The van der Waals surface area contributed by atoms with E-state index in [0.717, 1.165) is 4.47 Å². The Balaban J connectivity index is 1.88. The topological polar surface area (TPSA) is 139 Å². The Morgan fingerprint density at radius 3 is 2.19 bits per heavy atom. The van der Waals surface area contributed by atoms with Crippen LogP contribution < -0.4 is 31.4 Å². The zero-order valence-corrected chi connectivity index (χ0v) is 22.4. The first-order valence-corrected chi connectivity index (χ1v) is 12.5. The van der Waals surface area contributed by atoms with E-state index in [1.54, 1.807) is 66.7 Å². The van der Waals surface area contributed by atoms with Gasteiger partial charge in [0.05, 0.1) is 12.7 Å². The predicted octanol–water partition coefficient (Wildman–Crippen LogP) is 4.53. The lowest BCUT2D eigenvalue weighted by atomic mass is 10.0. The molecule has 1 atom stereocenters. The van der Waals surface area contributed by atoms with Gasteiger partial charge in [0.15, 0.2) is 11.5 Å². The van der Waals surface area contributed by atoms with Crippen molar-refractivity contribution in [1.82, 2.24) is 10.9 Å². The normalized spacial score (nSPS) is 11.4. The minimum Gasteiger partial charge on any atom is -0.490 e. The maximum atomic E-state index is 13.3. The van der Waals surface area contributed by atoms with Crippen LogP contribution in [0.5, 0.6) is 11.5 Å². The highest BCUT2D eigenvalue weighted by Gasteiger charge is 2.23. The van der Waals surface area contributed by atoms with Gasteiger partial charge in [0.2, 0.25) is 0 Å². The van der Waals surface area contributed by atoms with Gasteiger partial charge in [-0.25, -0.2) is 0 Å². The van der Waals surface area contributed by atoms with Gasteiger partial charge in [0.1, 0.15) is 11.9 Å². The zero-order chi connectivity index (χ0) is 26.9. The summed E-state index contributed by atoms with van der Waals surface area (Å²) in [6, 6.07) is 17.9. The van der Waals surface area contributed by atoms with Crippen molar-refractivity contribution < 1.29 is 19.1 Å². The highest BCUT2D eigenvalue weighted by molar-refractivity contribution is 9.10. The van der Waals surface area contributed by atoms with Crippen molar-refractivity contribution in [1.29, 1.82) is 5.41 Å². The number of nitrogens with one attached hydrogen (secondary N) is 4. The van der Waals surface area contributed by atoms with Gasteiger partial charge in [-0.1, -0.05) is 22.0 Å². The standard InChI is InChI=1S/C27H30BrN5O4/c1-4-36-23-15-19(9-14-22(23)37-16(2)3)24(31-21-12-7-17(8-13-21)25(29)30)27(35)33-32-26(34)18-5-10-20(28)11-6-18/h5-16,24,31H,4H2,1-3H3,(H3,29,30)(H,32,34)(H,33,35). The third-order valence-electron chi connectivity index (χ3n) is 5.14. The van der Waals surface area contributed by atoms with Crippen molar-refractivity contribution in [3.05, 3.63) is 87.9 Å². The van der Waals surface area contributed by atoms with Crippen LogP contribution in [-0.4, -0.2) is 30.4 Å². The third-order valence-corrected chi connectivity index (χ3v) is 5.67. The number of carbonyl (C=O) groups excluding carboxylic acids is 2. The first-order chi connectivity index (χ1) is 17.7. The van der Waals surface area contributed by atoms with Crippen LogP contribution in [0.2, 0.25) is 0 Å². The number of halogens is 1. The number of amidine groups is 1. The van der Waals surface area contributed by atoms with Gasteiger partial charge in [-0.3, -0.25) is 25.8 Å². The first kappa shape index (κ1) is 27.5. The summed E-state index contributed by atoms with van der Waals surface area (Å²) in [4.78, 5) is 25.9. The first-order valence-electron chi connectivity index (χ1n) is 11.7. The van der Waals surface area contributed by atoms with E-state index in [4.69, 9.17) is 20.6 Å². The van der Waals surface area contributed by atoms with Gasteiger partial charge in [0, 0.05) is 21.3 Å². The van der Waals surface area contributed by atoms with Gasteiger partial charge in [-0.15, -0.1) is 0 Å². The van der Waals surface area contributed by atoms with Crippen LogP contribution in [0, 0.1) is 5.41 Å². The monoisotopic (exact) mass is 567 g/mol. The fourth-order valence-corrected chi connectivity index (χ4v) is 3.67. The Morgan fingerprint density at radius 1 is 0.946 bits per heavy atom. The number of nitrogen functional groups attached to an aromatic ring is 1. The molecule has 9 nitrogen and oxygen atoms in total. The molecule has 37 heavy (non-hydrogen) atoms. The third kappa shape index (κ3) is 7.71. The summed E-state index contributed by atoms with van der Waals surface area (Å²) in [6.45, 7) is 6.11. The van der Waals surface area contributed by atoms with Crippen LogP contribution in [0.4, 0.5) is 5.69 Å². The van der Waals surface area contributed by atoms with Crippen molar-refractivity contribution >= 4 is 39.3 Å². The summed E-state index contributed by atoms with van der Waals surface area (Å²) < 4.78 is 12.5. The van der Waals surface area contributed by atoms with Crippen molar-refractivity contribution in [3.8, 4) is 11.5 Å². The molecule has 3 aromatic carbocycles. The molecule has 0 saturated heterocycles. The summed E-state index contributed by atoms with van der Waals surface area (Å²) >= 11 is 3.33. The van der Waals surface area contributed by atoms with Crippen LogP contribution >= 0.6 is 15.9 Å². The van der Waals surface area contributed by atoms with E-state index in [1.807, 2.05) is 20.8 Å².